The van der Waals surface area contributed by atoms with Gasteiger partial charge in [-0.3, -0.25) is 35.1 Å². The largest absolute Gasteiger partial charge is 0.329 e. The van der Waals surface area contributed by atoms with Gasteiger partial charge in [-0.1, -0.05) is 0 Å². The Bertz CT molecular complexity index is 888. The first-order valence-corrected chi connectivity index (χ1v) is 8.67. The van der Waals surface area contributed by atoms with E-state index in [1.54, 1.807) is 24.7 Å². The molecule has 0 saturated heterocycles. The molecule has 1 atom stereocenters. The van der Waals surface area contributed by atoms with Gasteiger partial charge in [-0.2, -0.15) is 10.2 Å². The fourth-order valence-electron chi connectivity index (χ4n) is 2.67. The van der Waals surface area contributed by atoms with Crippen LogP contribution in [0.5, 0.6) is 0 Å². The molecule has 11 nitrogen and oxygen atoms in total. The van der Waals surface area contributed by atoms with Gasteiger partial charge in [-0.25, -0.2) is 0 Å². The SMILES string of the molecule is CCn1ncc(NC(=S)NNC(=O)[C@H](C)n2nc(C)c([N+](=O)[O-])c2C)c1C. The van der Waals surface area contributed by atoms with Gasteiger partial charge in [0.25, 0.3) is 5.91 Å². The molecule has 2 aromatic heterocycles. The number of anilines is 1. The number of hydrogen-bond donors (Lipinski definition) is 3. The predicted molar refractivity (Wildman–Crippen MR) is 103 cm³/mol. The molecule has 2 aromatic rings. The lowest BCUT2D eigenvalue weighted by atomic mass is 10.3. The van der Waals surface area contributed by atoms with Crippen molar-refractivity contribution in [3.05, 3.63) is 33.4 Å². The second kappa shape index (κ2) is 8.12. The number of thiocarbonyl (C=S) groups is 1. The number of nitrogens with zero attached hydrogens (tertiary/aromatic N) is 5. The van der Waals surface area contributed by atoms with Crippen molar-refractivity contribution in [3.63, 3.8) is 0 Å². The summed E-state index contributed by atoms with van der Waals surface area (Å²) in [6, 6.07) is -0.766. The van der Waals surface area contributed by atoms with Gasteiger partial charge in [-0.05, 0) is 46.8 Å². The van der Waals surface area contributed by atoms with Gasteiger partial charge >= 0.3 is 5.69 Å². The van der Waals surface area contributed by atoms with Crippen LogP contribution in [-0.2, 0) is 11.3 Å². The Morgan fingerprint density at radius 2 is 2.00 bits per heavy atom. The first kappa shape index (κ1) is 20.3. The number of aryl methyl sites for hydroxylation is 2. The molecule has 2 rings (SSSR count). The van der Waals surface area contributed by atoms with E-state index in [1.807, 2.05) is 13.8 Å². The summed E-state index contributed by atoms with van der Waals surface area (Å²) in [5.74, 6) is -0.444. The molecule has 0 radical (unpaired) electrons. The van der Waals surface area contributed by atoms with Crippen LogP contribution < -0.4 is 16.2 Å². The maximum absolute atomic E-state index is 12.4. The van der Waals surface area contributed by atoms with E-state index in [4.69, 9.17) is 12.2 Å². The monoisotopic (exact) mass is 394 g/mol. The molecule has 146 valence electrons. The van der Waals surface area contributed by atoms with E-state index in [1.165, 1.54) is 11.6 Å². The molecule has 27 heavy (non-hydrogen) atoms. The van der Waals surface area contributed by atoms with Crippen molar-refractivity contribution in [3.8, 4) is 0 Å². The summed E-state index contributed by atoms with van der Waals surface area (Å²) in [4.78, 5) is 22.9. The average molecular weight is 394 g/mol. The van der Waals surface area contributed by atoms with Crippen molar-refractivity contribution in [2.24, 2.45) is 0 Å². The number of hydrogen-bond acceptors (Lipinski definition) is 6. The van der Waals surface area contributed by atoms with Gasteiger partial charge in [0.2, 0.25) is 0 Å². The number of hydrazine groups is 1. The van der Waals surface area contributed by atoms with E-state index in [2.05, 4.69) is 26.4 Å². The standard InChI is InChI=1S/C15H22N8O3S/c1-6-21-9(3)12(7-16-21)17-15(27)19-18-14(24)11(5)22-10(4)13(23(25)26)8(2)20-22/h7,11H,6H2,1-5H3,(H,18,24)(H2,17,19,27)/t11-/m0/s1. The summed E-state index contributed by atoms with van der Waals surface area (Å²) in [6.45, 7) is 9.28. The fourth-order valence-corrected chi connectivity index (χ4v) is 2.83. The minimum Gasteiger partial charge on any atom is -0.329 e. The van der Waals surface area contributed by atoms with Crippen molar-refractivity contribution in [1.29, 1.82) is 0 Å². The molecule has 0 aromatic carbocycles. The Morgan fingerprint density at radius 3 is 2.52 bits per heavy atom. The second-order valence-electron chi connectivity index (χ2n) is 5.92. The van der Waals surface area contributed by atoms with Crippen molar-refractivity contribution in [1.82, 2.24) is 30.4 Å². The summed E-state index contributed by atoms with van der Waals surface area (Å²) in [7, 11) is 0. The maximum Gasteiger partial charge on any atom is 0.312 e. The van der Waals surface area contributed by atoms with E-state index in [0.717, 1.165) is 17.9 Å². The van der Waals surface area contributed by atoms with Crippen LogP contribution in [0.4, 0.5) is 11.4 Å². The lowest BCUT2D eigenvalue weighted by Crippen LogP contribution is -2.46. The molecule has 0 bridgehead atoms. The van der Waals surface area contributed by atoms with Crippen LogP contribution in [0.1, 0.15) is 37.0 Å². The zero-order valence-corrected chi connectivity index (χ0v) is 16.5. The number of aromatic nitrogens is 4. The summed E-state index contributed by atoms with van der Waals surface area (Å²) >= 11 is 5.16. The summed E-state index contributed by atoms with van der Waals surface area (Å²) in [6.07, 6.45) is 1.65. The molecular formula is C15H22N8O3S. The van der Waals surface area contributed by atoms with Crippen LogP contribution in [0.15, 0.2) is 6.20 Å². The average Bonchev–Trinajstić information content (AvgIpc) is 3.11. The lowest BCUT2D eigenvalue weighted by Gasteiger charge is -2.16. The van der Waals surface area contributed by atoms with Crippen molar-refractivity contribution in [2.45, 2.75) is 47.2 Å². The fraction of sp³-hybridized carbons (Fsp3) is 0.467. The number of nitro groups is 1. The number of carbonyl (C=O) groups excluding carboxylic acids is 1. The molecule has 12 heteroatoms. The van der Waals surface area contributed by atoms with Gasteiger partial charge in [-0.15, -0.1) is 0 Å². The Kier molecular flexibility index (Phi) is 6.10. The van der Waals surface area contributed by atoms with Gasteiger partial charge in [0.1, 0.15) is 17.4 Å². The highest BCUT2D eigenvalue weighted by atomic mass is 32.1. The van der Waals surface area contributed by atoms with Crippen molar-refractivity contribution in [2.75, 3.05) is 5.32 Å². The topological polar surface area (TPSA) is 132 Å². The number of nitrogens with one attached hydrogen (secondary N) is 3. The zero-order valence-electron chi connectivity index (χ0n) is 15.7. The van der Waals surface area contributed by atoms with Crippen LogP contribution in [0, 0.1) is 30.9 Å². The maximum atomic E-state index is 12.4. The third-order valence-corrected chi connectivity index (χ3v) is 4.37. The minimum absolute atomic E-state index is 0.0943. The van der Waals surface area contributed by atoms with Gasteiger partial charge in [0.05, 0.1) is 22.5 Å². The van der Waals surface area contributed by atoms with Crippen molar-refractivity contribution < 1.29 is 9.72 Å². The van der Waals surface area contributed by atoms with E-state index >= 15 is 0 Å². The Hall–Kier alpha value is -3.02. The molecular weight excluding hydrogens is 372 g/mol. The molecule has 2 heterocycles. The van der Waals surface area contributed by atoms with Gasteiger partial charge in [0, 0.05) is 6.54 Å². The van der Waals surface area contributed by atoms with Gasteiger partial charge in [0.15, 0.2) is 5.11 Å². The summed E-state index contributed by atoms with van der Waals surface area (Å²) in [5, 5.41) is 22.5. The molecule has 0 aliphatic heterocycles. The lowest BCUT2D eigenvalue weighted by molar-refractivity contribution is -0.386. The second-order valence-corrected chi connectivity index (χ2v) is 6.33. The Labute approximate surface area is 161 Å². The number of amides is 1. The Morgan fingerprint density at radius 1 is 1.33 bits per heavy atom. The third kappa shape index (κ3) is 4.22. The molecule has 0 unspecified atom stereocenters. The highest BCUT2D eigenvalue weighted by Crippen LogP contribution is 2.24. The first-order chi connectivity index (χ1) is 12.7. The molecule has 1 amide bonds. The number of carbonyl (C=O) groups is 1. The smallest absolute Gasteiger partial charge is 0.312 e. The van der Waals surface area contributed by atoms with E-state index in [9.17, 15) is 14.9 Å². The number of rotatable bonds is 5. The molecule has 0 aliphatic rings. The van der Waals surface area contributed by atoms with Crippen LogP contribution in [0.3, 0.4) is 0 Å². The van der Waals surface area contributed by atoms with Crippen molar-refractivity contribution >= 4 is 34.6 Å². The molecule has 3 N–H and O–H groups in total. The van der Waals surface area contributed by atoms with Gasteiger partial charge < -0.3 is 5.32 Å². The van der Waals surface area contributed by atoms with Crippen LogP contribution >= 0.6 is 12.2 Å². The van der Waals surface area contributed by atoms with Crippen LogP contribution in [0.25, 0.3) is 0 Å². The predicted octanol–water partition coefficient (Wildman–Crippen LogP) is 1.51. The first-order valence-electron chi connectivity index (χ1n) is 8.26. The Balaban J connectivity index is 1.99. The molecule has 0 fully saturated rings. The highest BCUT2D eigenvalue weighted by molar-refractivity contribution is 7.80. The zero-order chi connectivity index (χ0) is 20.3. The van der Waals surface area contributed by atoms with E-state index in [0.29, 0.717) is 5.69 Å². The highest BCUT2D eigenvalue weighted by Gasteiger charge is 2.27. The molecule has 0 spiro atoms. The molecule has 0 aliphatic carbocycles. The third-order valence-electron chi connectivity index (χ3n) is 4.17. The van der Waals surface area contributed by atoms with Crippen LogP contribution in [0.2, 0.25) is 0 Å². The summed E-state index contributed by atoms with van der Waals surface area (Å²) in [5.41, 5.74) is 7.19. The quantitative estimate of drug-likeness (QED) is 0.395. The summed E-state index contributed by atoms with van der Waals surface area (Å²) < 4.78 is 3.12. The van der Waals surface area contributed by atoms with Crippen LogP contribution in [-0.4, -0.2) is 35.5 Å². The van der Waals surface area contributed by atoms with E-state index < -0.39 is 16.9 Å². The van der Waals surface area contributed by atoms with E-state index in [-0.39, 0.29) is 16.5 Å². The molecule has 0 saturated carbocycles. The minimum atomic E-state index is -0.766. The normalized spacial score (nSPS) is 11.7.